The first kappa shape index (κ1) is 17.4. The molecule has 25 heavy (non-hydrogen) atoms. The lowest BCUT2D eigenvalue weighted by atomic mass is 9.96. The van der Waals surface area contributed by atoms with Crippen LogP contribution >= 0.6 is 0 Å². The molecule has 7 nitrogen and oxygen atoms in total. The van der Waals surface area contributed by atoms with E-state index in [-0.39, 0.29) is 30.0 Å². The van der Waals surface area contributed by atoms with Gasteiger partial charge in [-0.3, -0.25) is 19.5 Å². The van der Waals surface area contributed by atoms with Crippen molar-refractivity contribution in [3.8, 4) is 0 Å². The molecule has 1 aliphatic rings. The minimum atomic E-state index is -0.310. The zero-order valence-corrected chi connectivity index (χ0v) is 14.5. The summed E-state index contributed by atoms with van der Waals surface area (Å²) < 4.78 is 1.25. The average Bonchev–Trinajstić information content (AvgIpc) is 2.64. The highest BCUT2D eigenvalue weighted by Gasteiger charge is 2.22. The number of hydrogen-bond donors (Lipinski definition) is 2. The number of carbonyl (C=O) groups is 1. The van der Waals surface area contributed by atoms with Gasteiger partial charge in [-0.1, -0.05) is 12.1 Å². The van der Waals surface area contributed by atoms with Crippen molar-refractivity contribution in [2.75, 3.05) is 26.7 Å². The minimum absolute atomic E-state index is 0.0313. The Bertz CT molecular complexity index is 862. The molecular formula is C18H24N4O3. The zero-order valence-electron chi connectivity index (χ0n) is 14.5. The lowest BCUT2D eigenvalue weighted by molar-refractivity contribution is -0.132. The van der Waals surface area contributed by atoms with Crippen molar-refractivity contribution in [3.63, 3.8) is 0 Å². The van der Waals surface area contributed by atoms with E-state index in [4.69, 9.17) is 0 Å². The number of aromatic nitrogens is 2. The summed E-state index contributed by atoms with van der Waals surface area (Å²) in [4.78, 5) is 38.8. The molecule has 134 valence electrons. The number of aromatic amines is 1. The van der Waals surface area contributed by atoms with E-state index in [0.29, 0.717) is 16.7 Å². The van der Waals surface area contributed by atoms with Gasteiger partial charge in [-0.25, -0.2) is 4.68 Å². The third kappa shape index (κ3) is 3.82. The van der Waals surface area contributed by atoms with Crippen molar-refractivity contribution in [2.24, 2.45) is 5.92 Å². The molecule has 0 radical (unpaired) electrons. The molecule has 2 heterocycles. The number of likely N-dealkylation sites (tertiary alicyclic amines) is 1. The fourth-order valence-corrected chi connectivity index (χ4v) is 3.44. The first-order chi connectivity index (χ1) is 12.1. The van der Waals surface area contributed by atoms with Crippen LogP contribution in [0, 0.1) is 5.92 Å². The normalized spacial score (nSPS) is 15.6. The van der Waals surface area contributed by atoms with E-state index in [1.165, 1.54) is 4.68 Å². The molecule has 0 bridgehead atoms. The molecule has 0 aliphatic carbocycles. The van der Waals surface area contributed by atoms with E-state index in [2.05, 4.69) is 10.4 Å². The molecule has 1 amide bonds. The summed E-state index contributed by atoms with van der Waals surface area (Å²) in [7, 11) is 1.94. The Morgan fingerprint density at radius 1 is 1.20 bits per heavy atom. The topological polar surface area (TPSA) is 87.2 Å². The summed E-state index contributed by atoms with van der Waals surface area (Å²) in [5.74, 6) is 0.650. The molecule has 1 fully saturated rings. The quantitative estimate of drug-likeness (QED) is 0.829. The highest BCUT2D eigenvalue weighted by molar-refractivity contribution is 5.80. The number of benzene rings is 1. The van der Waals surface area contributed by atoms with E-state index >= 15 is 0 Å². The van der Waals surface area contributed by atoms with E-state index in [9.17, 15) is 14.4 Å². The highest BCUT2D eigenvalue weighted by Crippen LogP contribution is 2.17. The van der Waals surface area contributed by atoms with Gasteiger partial charge in [-0.05, 0) is 44.5 Å². The van der Waals surface area contributed by atoms with E-state index < -0.39 is 0 Å². The second-order valence-electron chi connectivity index (χ2n) is 6.58. The first-order valence-corrected chi connectivity index (χ1v) is 8.74. The lowest BCUT2D eigenvalue weighted by Gasteiger charge is -2.32. The third-order valence-electron chi connectivity index (χ3n) is 4.89. The van der Waals surface area contributed by atoms with Gasteiger partial charge in [0.1, 0.15) is 0 Å². The van der Waals surface area contributed by atoms with Crippen LogP contribution in [0.2, 0.25) is 0 Å². The third-order valence-corrected chi connectivity index (χ3v) is 4.89. The Kier molecular flexibility index (Phi) is 5.33. The molecule has 2 aromatic rings. The van der Waals surface area contributed by atoms with Gasteiger partial charge in [0, 0.05) is 19.5 Å². The van der Waals surface area contributed by atoms with Crippen LogP contribution in [0.1, 0.15) is 19.3 Å². The second-order valence-corrected chi connectivity index (χ2v) is 6.58. The molecule has 7 heteroatoms. The average molecular weight is 344 g/mol. The molecule has 0 atom stereocenters. The van der Waals surface area contributed by atoms with E-state index in [1.54, 1.807) is 24.3 Å². The fraction of sp³-hybridized carbons (Fsp3) is 0.500. The number of piperidine rings is 1. The number of H-pyrrole nitrogens is 1. The van der Waals surface area contributed by atoms with Gasteiger partial charge in [-0.15, -0.1) is 0 Å². The molecule has 2 N–H and O–H groups in total. The van der Waals surface area contributed by atoms with Crippen molar-refractivity contribution >= 4 is 16.7 Å². The molecular weight excluding hydrogens is 320 g/mol. The minimum Gasteiger partial charge on any atom is -0.343 e. The monoisotopic (exact) mass is 344 g/mol. The predicted octanol–water partition coefficient (Wildman–Crippen LogP) is 0.538. The Morgan fingerprint density at radius 2 is 1.88 bits per heavy atom. The molecule has 1 aromatic heterocycles. The summed E-state index contributed by atoms with van der Waals surface area (Å²) in [6.07, 6.45) is 2.21. The highest BCUT2D eigenvalue weighted by atomic mass is 16.2. The van der Waals surface area contributed by atoms with Crippen LogP contribution in [-0.4, -0.2) is 47.3 Å². The lowest BCUT2D eigenvalue weighted by Crippen LogP contribution is -2.41. The standard InChI is InChI=1S/C18H24N4O3/c1-19-12-13-6-9-21(10-7-13)16(23)8-11-22-18(25)15-5-3-2-4-14(15)17(24)20-22/h2-5,13,19H,6-12H2,1H3,(H,20,24). The van der Waals surface area contributed by atoms with Gasteiger partial charge in [0.15, 0.2) is 0 Å². The van der Waals surface area contributed by atoms with Crippen LogP contribution in [-0.2, 0) is 11.3 Å². The Hall–Kier alpha value is -2.41. The van der Waals surface area contributed by atoms with E-state index in [1.807, 2.05) is 11.9 Å². The molecule has 3 rings (SSSR count). The van der Waals surface area contributed by atoms with Gasteiger partial charge in [-0.2, -0.15) is 0 Å². The number of aryl methyl sites for hydroxylation is 1. The molecule has 0 saturated carbocycles. The molecule has 1 saturated heterocycles. The largest absolute Gasteiger partial charge is 0.343 e. The number of nitrogens with zero attached hydrogens (tertiary/aromatic N) is 2. The van der Waals surface area contributed by atoms with Crippen molar-refractivity contribution in [1.29, 1.82) is 0 Å². The van der Waals surface area contributed by atoms with Crippen LogP contribution < -0.4 is 16.4 Å². The van der Waals surface area contributed by atoms with Gasteiger partial charge in [0.2, 0.25) is 5.91 Å². The molecule has 1 aromatic carbocycles. The maximum atomic E-state index is 12.4. The molecule has 1 aliphatic heterocycles. The Balaban J connectivity index is 1.65. The van der Waals surface area contributed by atoms with Gasteiger partial charge >= 0.3 is 0 Å². The van der Waals surface area contributed by atoms with Crippen LogP contribution in [0.25, 0.3) is 10.8 Å². The van der Waals surface area contributed by atoms with Gasteiger partial charge in [0.05, 0.1) is 17.3 Å². The van der Waals surface area contributed by atoms with Crippen LogP contribution in [0.15, 0.2) is 33.9 Å². The van der Waals surface area contributed by atoms with E-state index in [0.717, 1.165) is 32.5 Å². The number of nitrogens with one attached hydrogen (secondary N) is 2. The number of fused-ring (bicyclic) bond motifs is 1. The van der Waals surface area contributed by atoms with Gasteiger partial charge in [0.25, 0.3) is 11.1 Å². The summed E-state index contributed by atoms with van der Waals surface area (Å²) in [6, 6.07) is 6.72. The Morgan fingerprint density at radius 3 is 2.56 bits per heavy atom. The Labute approximate surface area is 145 Å². The van der Waals surface area contributed by atoms with Crippen LogP contribution in [0.4, 0.5) is 0 Å². The van der Waals surface area contributed by atoms with Crippen molar-refractivity contribution in [1.82, 2.24) is 20.0 Å². The maximum Gasteiger partial charge on any atom is 0.273 e. The number of amides is 1. The predicted molar refractivity (Wildman–Crippen MR) is 96.7 cm³/mol. The fourth-order valence-electron chi connectivity index (χ4n) is 3.44. The smallest absolute Gasteiger partial charge is 0.273 e. The van der Waals surface area contributed by atoms with Crippen LogP contribution in [0.5, 0.6) is 0 Å². The summed E-state index contributed by atoms with van der Waals surface area (Å²) in [6.45, 7) is 2.69. The van der Waals surface area contributed by atoms with Crippen molar-refractivity contribution < 1.29 is 4.79 Å². The number of rotatable bonds is 5. The summed E-state index contributed by atoms with van der Waals surface area (Å²) >= 11 is 0. The maximum absolute atomic E-state index is 12.4. The molecule has 0 unspecified atom stereocenters. The first-order valence-electron chi connectivity index (χ1n) is 8.74. The van der Waals surface area contributed by atoms with Crippen molar-refractivity contribution in [2.45, 2.75) is 25.8 Å². The van der Waals surface area contributed by atoms with Gasteiger partial charge < -0.3 is 10.2 Å². The van der Waals surface area contributed by atoms with Crippen LogP contribution in [0.3, 0.4) is 0 Å². The number of carbonyl (C=O) groups excluding carboxylic acids is 1. The zero-order chi connectivity index (χ0) is 17.8. The SMILES string of the molecule is CNCC1CCN(C(=O)CCn2[nH]c(=O)c3ccccc3c2=O)CC1. The summed E-state index contributed by atoms with van der Waals surface area (Å²) in [5.41, 5.74) is -0.578. The number of hydrogen-bond acceptors (Lipinski definition) is 4. The summed E-state index contributed by atoms with van der Waals surface area (Å²) in [5, 5.41) is 6.51. The second kappa shape index (κ2) is 7.65. The van der Waals surface area contributed by atoms with Crippen molar-refractivity contribution in [3.05, 3.63) is 45.0 Å². The molecule has 0 spiro atoms.